The summed E-state index contributed by atoms with van der Waals surface area (Å²) in [5, 5.41) is 9.22. The summed E-state index contributed by atoms with van der Waals surface area (Å²) >= 11 is 0. The molecule has 1 aliphatic heterocycles. The summed E-state index contributed by atoms with van der Waals surface area (Å²) in [6.07, 6.45) is 3.07. The number of alkyl carbamates (subject to hydrolysis) is 1. The largest absolute Gasteiger partial charge is 0.444 e. The monoisotopic (exact) mass is 283 g/mol. The lowest BCUT2D eigenvalue weighted by Crippen LogP contribution is -2.41. The van der Waals surface area contributed by atoms with E-state index in [1.54, 1.807) is 0 Å². The van der Waals surface area contributed by atoms with Crippen LogP contribution in [0.25, 0.3) is 0 Å². The maximum atomic E-state index is 11.7. The Morgan fingerprint density at radius 1 is 1.25 bits per heavy atom. The van der Waals surface area contributed by atoms with E-state index in [4.69, 9.17) is 4.74 Å². The molecule has 1 heterocycles. The first-order chi connectivity index (χ1) is 9.32. The Morgan fingerprint density at radius 3 is 2.55 bits per heavy atom. The predicted molar refractivity (Wildman–Crippen MR) is 75.3 cm³/mol. The Kier molecular flexibility index (Phi) is 4.52. The van der Waals surface area contributed by atoms with Gasteiger partial charge in [0, 0.05) is 31.1 Å². The highest BCUT2D eigenvalue weighted by atomic mass is 16.6. The second-order valence-electron chi connectivity index (χ2n) is 6.72. The molecule has 1 saturated heterocycles. The number of carbonyl (C=O) groups is 2. The molecule has 0 radical (unpaired) electrons. The first-order valence-electron chi connectivity index (χ1n) is 7.34. The lowest BCUT2D eigenvalue weighted by atomic mass is 10.2. The average Bonchev–Trinajstić information content (AvgIpc) is 2.86. The molecule has 2 aliphatic rings. The van der Waals surface area contributed by atoms with Crippen molar-refractivity contribution in [2.75, 3.05) is 6.54 Å². The number of amides is 2. The van der Waals surface area contributed by atoms with E-state index in [2.05, 4.69) is 16.0 Å². The molecular formula is C14H25N3O3. The van der Waals surface area contributed by atoms with Crippen molar-refractivity contribution in [3.05, 3.63) is 0 Å². The molecule has 2 amide bonds. The quantitative estimate of drug-likeness (QED) is 0.719. The van der Waals surface area contributed by atoms with Crippen LogP contribution in [0.5, 0.6) is 0 Å². The van der Waals surface area contributed by atoms with E-state index < -0.39 is 5.60 Å². The van der Waals surface area contributed by atoms with Crippen LogP contribution in [0, 0.1) is 0 Å². The Morgan fingerprint density at radius 2 is 1.95 bits per heavy atom. The summed E-state index contributed by atoms with van der Waals surface area (Å²) in [5.74, 6) is 0.115. The lowest BCUT2D eigenvalue weighted by molar-refractivity contribution is -0.119. The molecule has 3 unspecified atom stereocenters. The highest BCUT2D eigenvalue weighted by Crippen LogP contribution is 2.21. The van der Waals surface area contributed by atoms with E-state index >= 15 is 0 Å². The molecule has 6 heteroatoms. The minimum atomic E-state index is -0.462. The summed E-state index contributed by atoms with van der Waals surface area (Å²) < 4.78 is 5.26. The minimum absolute atomic E-state index is 0.115. The third-order valence-corrected chi connectivity index (χ3v) is 3.60. The molecule has 20 heavy (non-hydrogen) atoms. The van der Waals surface area contributed by atoms with Crippen molar-refractivity contribution < 1.29 is 14.3 Å². The van der Waals surface area contributed by atoms with Gasteiger partial charge >= 0.3 is 6.09 Å². The second-order valence-corrected chi connectivity index (χ2v) is 6.72. The summed E-state index contributed by atoms with van der Waals surface area (Å²) in [6, 6.07) is 0.757. The molecule has 1 aliphatic carbocycles. The number of nitrogens with one attached hydrogen (secondary N) is 3. The smallest absolute Gasteiger partial charge is 0.407 e. The normalized spacial score (nSPS) is 30.1. The van der Waals surface area contributed by atoms with Gasteiger partial charge in [0.05, 0.1) is 0 Å². The van der Waals surface area contributed by atoms with Crippen molar-refractivity contribution in [2.45, 2.75) is 70.2 Å². The number of carbonyl (C=O) groups excluding carboxylic acids is 2. The molecule has 0 aromatic carbocycles. The van der Waals surface area contributed by atoms with Crippen LogP contribution in [0.2, 0.25) is 0 Å². The summed E-state index contributed by atoms with van der Waals surface area (Å²) in [5.41, 5.74) is -0.462. The summed E-state index contributed by atoms with van der Waals surface area (Å²) in [7, 11) is 0. The van der Waals surface area contributed by atoms with E-state index in [9.17, 15) is 9.59 Å². The Bertz CT molecular complexity index is 378. The van der Waals surface area contributed by atoms with Gasteiger partial charge in [-0.25, -0.2) is 4.79 Å². The first kappa shape index (κ1) is 15.1. The van der Waals surface area contributed by atoms with Crippen molar-refractivity contribution >= 4 is 12.0 Å². The molecule has 0 spiro atoms. The molecule has 2 fully saturated rings. The van der Waals surface area contributed by atoms with E-state index in [1.165, 1.54) is 0 Å². The molecule has 3 atom stereocenters. The van der Waals surface area contributed by atoms with Crippen LogP contribution in [-0.4, -0.2) is 42.3 Å². The van der Waals surface area contributed by atoms with Gasteiger partial charge in [-0.2, -0.15) is 0 Å². The van der Waals surface area contributed by atoms with Crippen molar-refractivity contribution in [1.82, 2.24) is 16.0 Å². The molecular weight excluding hydrogens is 258 g/mol. The molecule has 2 rings (SSSR count). The Hall–Kier alpha value is -1.30. The summed E-state index contributed by atoms with van der Waals surface area (Å²) in [4.78, 5) is 22.8. The van der Waals surface area contributed by atoms with Crippen LogP contribution in [0.3, 0.4) is 0 Å². The summed E-state index contributed by atoms with van der Waals surface area (Å²) in [6.45, 7) is 6.28. The van der Waals surface area contributed by atoms with E-state index in [0.717, 1.165) is 19.3 Å². The molecule has 1 saturated carbocycles. The Labute approximate surface area is 120 Å². The fourth-order valence-corrected chi connectivity index (χ4v) is 2.79. The maximum Gasteiger partial charge on any atom is 0.407 e. The van der Waals surface area contributed by atoms with Crippen LogP contribution in [0.15, 0.2) is 0 Å². The third-order valence-electron chi connectivity index (χ3n) is 3.60. The van der Waals surface area contributed by atoms with Gasteiger partial charge in [-0.3, -0.25) is 4.79 Å². The van der Waals surface area contributed by atoms with Gasteiger partial charge in [0.2, 0.25) is 5.91 Å². The van der Waals surface area contributed by atoms with Gasteiger partial charge in [-0.1, -0.05) is 0 Å². The topological polar surface area (TPSA) is 79.5 Å². The number of ether oxygens (including phenoxy) is 1. The van der Waals surface area contributed by atoms with Gasteiger partial charge in [-0.05, 0) is 40.0 Å². The van der Waals surface area contributed by atoms with Crippen molar-refractivity contribution in [1.29, 1.82) is 0 Å². The standard InChI is InChI=1S/C14H25N3O3/c1-14(2,3)20-13(19)17-10-5-4-9(6-10)16-11-7-12(18)15-8-11/h9-11,16H,4-8H2,1-3H3,(H,15,18)(H,17,19). The van der Waals surface area contributed by atoms with Gasteiger partial charge < -0.3 is 20.7 Å². The van der Waals surface area contributed by atoms with Crippen LogP contribution in [0.1, 0.15) is 46.5 Å². The zero-order valence-electron chi connectivity index (χ0n) is 12.5. The zero-order chi connectivity index (χ0) is 14.8. The van der Waals surface area contributed by atoms with E-state index in [1.807, 2.05) is 20.8 Å². The highest BCUT2D eigenvalue weighted by molar-refractivity contribution is 5.78. The van der Waals surface area contributed by atoms with Crippen molar-refractivity contribution in [3.63, 3.8) is 0 Å². The molecule has 6 nitrogen and oxygen atoms in total. The molecule has 3 N–H and O–H groups in total. The van der Waals surface area contributed by atoms with Crippen molar-refractivity contribution in [2.24, 2.45) is 0 Å². The van der Waals surface area contributed by atoms with Crippen LogP contribution in [0.4, 0.5) is 4.79 Å². The molecule has 0 bridgehead atoms. The minimum Gasteiger partial charge on any atom is -0.444 e. The Balaban J connectivity index is 1.70. The number of hydrogen-bond acceptors (Lipinski definition) is 4. The van der Waals surface area contributed by atoms with Gasteiger partial charge in [0.25, 0.3) is 0 Å². The van der Waals surface area contributed by atoms with Gasteiger partial charge in [0.1, 0.15) is 5.60 Å². The van der Waals surface area contributed by atoms with E-state index in [0.29, 0.717) is 19.0 Å². The van der Waals surface area contributed by atoms with Crippen molar-refractivity contribution in [3.8, 4) is 0 Å². The van der Waals surface area contributed by atoms with E-state index in [-0.39, 0.29) is 24.1 Å². The molecule has 114 valence electrons. The SMILES string of the molecule is CC(C)(C)OC(=O)NC1CCC(NC2CNC(=O)C2)C1. The van der Waals surface area contributed by atoms with Crippen LogP contribution < -0.4 is 16.0 Å². The first-order valence-corrected chi connectivity index (χ1v) is 7.34. The maximum absolute atomic E-state index is 11.7. The van der Waals surface area contributed by atoms with Crippen LogP contribution in [-0.2, 0) is 9.53 Å². The predicted octanol–water partition coefficient (Wildman–Crippen LogP) is 0.910. The third kappa shape index (κ3) is 4.67. The molecule has 0 aromatic rings. The number of hydrogen-bond donors (Lipinski definition) is 3. The number of rotatable bonds is 3. The van der Waals surface area contributed by atoms with Crippen LogP contribution >= 0.6 is 0 Å². The van der Waals surface area contributed by atoms with Gasteiger partial charge in [-0.15, -0.1) is 0 Å². The lowest BCUT2D eigenvalue weighted by Gasteiger charge is -2.22. The highest BCUT2D eigenvalue weighted by Gasteiger charge is 2.30. The fourth-order valence-electron chi connectivity index (χ4n) is 2.79. The average molecular weight is 283 g/mol. The van der Waals surface area contributed by atoms with Gasteiger partial charge in [0.15, 0.2) is 0 Å². The molecule has 0 aromatic heterocycles. The fraction of sp³-hybridized carbons (Fsp3) is 0.857. The second kappa shape index (κ2) is 5.99. The zero-order valence-corrected chi connectivity index (χ0v) is 12.5.